The Bertz CT molecular complexity index is 834. The molecule has 184 valence electrons. The van der Waals surface area contributed by atoms with Crippen LogP contribution < -0.4 is 5.32 Å². The highest BCUT2D eigenvalue weighted by Crippen LogP contribution is 2.44. The van der Waals surface area contributed by atoms with Crippen LogP contribution in [-0.2, 0) is 28.6 Å². The summed E-state index contributed by atoms with van der Waals surface area (Å²) >= 11 is 1.00. The van der Waals surface area contributed by atoms with Crippen molar-refractivity contribution < 1.29 is 43.9 Å². The molecule has 0 radical (unpaired) electrons. The number of aliphatic hydroxyl groups excluding tert-OH is 3. The van der Waals surface area contributed by atoms with Gasteiger partial charge in [0, 0.05) is 18.2 Å². The number of rotatable bonds is 9. The maximum absolute atomic E-state index is 12.9. The van der Waals surface area contributed by atoms with Crippen LogP contribution in [0.5, 0.6) is 0 Å². The lowest BCUT2D eigenvalue weighted by Crippen LogP contribution is -2.66. The van der Waals surface area contributed by atoms with Gasteiger partial charge >= 0.3 is 11.9 Å². The molecule has 2 rings (SSSR count). The molecule has 1 amide bonds. The van der Waals surface area contributed by atoms with Crippen LogP contribution in [0.25, 0.3) is 0 Å². The first-order valence-electron chi connectivity index (χ1n) is 10.5. The lowest BCUT2D eigenvalue weighted by molar-refractivity contribution is -0.205. The molecule has 1 saturated heterocycles. The van der Waals surface area contributed by atoms with Gasteiger partial charge in [-0.15, -0.1) is 0 Å². The Labute approximate surface area is 196 Å². The Hall–Kier alpha value is -2.18. The second-order valence-electron chi connectivity index (χ2n) is 7.85. The standard InChI is InChI=1S/C22H31NO9S/c1-5-15(25)19(28)20-18(23-17(27)11-31-13(3)24)16(26)10-22(32-20,21(29)30-4)33-14-8-6-12(2)7-9-14/h6-9,15-16,18-20,25-26,28H,5,10-11H2,1-4H3,(H,23,27)/t15-,16+,18-,19-,20-,22-/m1/s1. The Morgan fingerprint density at radius 1 is 1.27 bits per heavy atom. The van der Waals surface area contributed by atoms with Crippen molar-refractivity contribution in [2.45, 2.75) is 73.9 Å². The van der Waals surface area contributed by atoms with Gasteiger partial charge in [-0.2, -0.15) is 0 Å². The number of amides is 1. The Morgan fingerprint density at radius 3 is 2.45 bits per heavy atom. The maximum Gasteiger partial charge on any atom is 0.349 e. The molecule has 0 spiro atoms. The van der Waals surface area contributed by atoms with E-state index in [9.17, 15) is 29.7 Å². The minimum Gasteiger partial charge on any atom is -0.466 e. The molecule has 11 heteroatoms. The number of nitrogens with one attached hydrogen (secondary N) is 1. The van der Waals surface area contributed by atoms with Crippen molar-refractivity contribution in [1.29, 1.82) is 0 Å². The summed E-state index contributed by atoms with van der Waals surface area (Å²) in [4.78, 5) is 35.0. The first-order chi connectivity index (χ1) is 15.5. The predicted octanol–water partition coefficient (Wildman–Crippen LogP) is 0.286. The summed E-state index contributed by atoms with van der Waals surface area (Å²) in [6, 6.07) is 6.05. The molecule has 1 aromatic rings. The minimum absolute atomic E-state index is 0.154. The van der Waals surface area contributed by atoms with E-state index in [-0.39, 0.29) is 12.8 Å². The number of carbonyl (C=O) groups excluding carboxylic acids is 3. The van der Waals surface area contributed by atoms with E-state index in [1.807, 2.05) is 19.1 Å². The van der Waals surface area contributed by atoms with Crippen LogP contribution >= 0.6 is 11.8 Å². The molecule has 33 heavy (non-hydrogen) atoms. The van der Waals surface area contributed by atoms with Crippen molar-refractivity contribution in [3.05, 3.63) is 29.8 Å². The number of hydrogen-bond acceptors (Lipinski definition) is 10. The minimum atomic E-state index is -1.75. The van der Waals surface area contributed by atoms with Gasteiger partial charge in [0.25, 0.3) is 5.91 Å². The molecule has 4 N–H and O–H groups in total. The van der Waals surface area contributed by atoms with Crippen molar-refractivity contribution in [3.8, 4) is 0 Å². The number of hydrogen-bond donors (Lipinski definition) is 4. The highest BCUT2D eigenvalue weighted by Gasteiger charge is 2.55. The SMILES string of the molecule is CC[C@@H](O)[C@@H](O)[C@@H]1O[C@](Sc2ccc(C)cc2)(C(=O)OC)C[C@H](O)[C@H]1NC(=O)COC(C)=O. The zero-order valence-electron chi connectivity index (χ0n) is 19.0. The van der Waals surface area contributed by atoms with Gasteiger partial charge in [-0.25, -0.2) is 4.79 Å². The number of thioether (sulfide) groups is 1. The van der Waals surface area contributed by atoms with E-state index in [2.05, 4.69) is 10.1 Å². The fraction of sp³-hybridized carbons (Fsp3) is 0.591. The topological polar surface area (TPSA) is 152 Å². The summed E-state index contributed by atoms with van der Waals surface area (Å²) in [6.07, 6.45) is -5.66. The fourth-order valence-corrected chi connectivity index (χ4v) is 4.70. The molecule has 10 nitrogen and oxygen atoms in total. The first kappa shape index (κ1) is 27.1. The number of benzene rings is 1. The van der Waals surface area contributed by atoms with E-state index in [1.165, 1.54) is 7.11 Å². The van der Waals surface area contributed by atoms with Crippen LogP contribution in [0.1, 0.15) is 32.3 Å². The second-order valence-corrected chi connectivity index (χ2v) is 9.19. The van der Waals surface area contributed by atoms with E-state index in [0.29, 0.717) is 4.90 Å². The molecule has 0 saturated carbocycles. The molecule has 1 aliphatic rings. The monoisotopic (exact) mass is 485 g/mol. The highest BCUT2D eigenvalue weighted by molar-refractivity contribution is 8.01. The summed E-state index contributed by atoms with van der Waals surface area (Å²) in [5.74, 6) is -2.19. The Morgan fingerprint density at radius 2 is 1.91 bits per heavy atom. The largest absolute Gasteiger partial charge is 0.466 e. The quantitative estimate of drug-likeness (QED) is 0.359. The summed E-state index contributed by atoms with van der Waals surface area (Å²) in [5, 5.41) is 34.5. The molecule has 1 heterocycles. The van der Waals surface area contributed by atoms with Gasteiger partial charge in [0.15, 0.2) is 6.61 Å². The fourth-order valence-electron chi connectivity index (χ4n) is 3.47. The van der Waals surface area contributed by atoms with Crippen LogP contribution in [0.15, 0.2) is 29.2 Å². The number of ether oxygens (including phenoxy) is 3. The third kappa shape index (κ3) is 6.90. The zero-order chi connectivity index (χ0) is 24.8. The van der Waals surface area contributed by atoms with Crippen LogP contribution in [0.4, 0.5) is 0 Å². The van der Waals surface area contributed by atoms with Crippen molar-refractivity contribution in [2.24, 2.45) is 0 Å². The van der Waals surface area contributed by atoms with E-state index in [0.717, 1.165) is 24.2 Å². The molecule has 0 unspecified atom stereocenters. The maximum atomic E-state index is 12.9. The highest BCUT2D eigenvalue weighted by atomic mass is 32.2. The van der Waals surface area contributed by atoms with Crippen molar-refractivity contribution in [3.63, 3.8) is 0 Å². The molecular formula is C22H31NO9S. The van der Waals surface area contributed by atoms with Gasteiger partial charge in [-0.3, -0.25) is 9.59 Å². The van der Waals surface area contributed by atoms with E-state index >= 15 is 0 Å². The number of methoxy groups -OCH3 is 1. The van der Waals surface area contributed by atoms with Crippen molar-refractivity contribution in [1.82, 2.24) is 5.32 Å². The zero-order valence-corrected chi connectivity index (χ0v) is 19.8. The van der Waals surface area contributed by atoms with Crippen LogP contribution in [0.2, 0.25) is 0 Å². The van der Waals surface area contributed by atoms with Crippen molar-refractivity contribution in [2.75, 3.05) is 13.7 Å². The third-order valence-electron chi connectivity index (χ3n) is 5.26. The first-order valence-corrected chi connectivity index (χ1v) is 11.3. The molecule has 1 aromatic carbocycles. The van der Waals surface area contributed by atoms with E-state index in [1.54, 1.807) is 19.1 Å². The van der Waals surface area contributed by atoms with Crippen LogP contribution in [0, 0.1) is 6.92 Å². The summed E-state index contributed by atoms with van der Waals surface area (Å²) in [5.41, 5.74) is 1.01. The molecule has 6 atom stereocenters. The van der Waals surface area contributed by atoms with Gasteiger partial charge in [-0.1, -0.05) is 36.4 Å². The molecular weight excluding hydrogens is 454 g/mol. The van der Waals surface area contributed by atoms with Crippen molar-refractivity contribution >= 4 is 29.6 Å². The smallest absolute Gasteiger partial charge is 0.349 e. The normalized spacial score (nSPS) is 26.7. The molecule has 1 aliphatic heterocycles. The molecule has 0 aliphatic carbocycles. The van der Waals surface area contributed by atoms with Gasteiger partial charge in [-0.05, 0) is 25.5 Å². The second kappa shape index (κ2) is 11.8. The lowest BCUT2D eigenvalue weighted by Gasteiger charge is -2.47. The van der Waals surface area contributed by atoms with Gasteiger partial charge in [0.2, 0.25) is 4.93 Å². The van der Waals surface area contributed by atoms with Gasteiger partial charge in [0.1, 0.15) is 12.2 Å². The number of aliphatic hydroxyl groups is 3. The number of esters is 2. The lowest BCUT2D eigenvalue weighted by atomic mass is 9.89. The van der Waals surface area contributed by atoms with E-state index in [4.69, 9.17) is 9.47 Å². The summed E-state index contributed by atoms with van der Waals surface area (Å²) < 4.78 is 15.7. The number of carbonyl (C=O) groups is 3. The molecule has 1 fully saturated rings. The summed E-state index contributed by atoms with van der Waals surface area (Å²) in [7, 11) is 1.18. The molecule has 0 bridgehead atoms. The summed E-state index contributed by atoms with van der Waals surface area (Å²) in [6.45, 7) is 4.09. The Balaban J connectivity index is 2.39. The average Bonchev–Trinajstić information content (AvgIpc) is 2.79. The van der Waals surface area contributed by atoms with Gasteiger partial charge < -0.3 is 34.8 Å². The average molecular weight is 486 g/mol. The number of aryl methyl sites for hydroxylation is 1. The predicted molar refractivity (Wildman–Crippen MR) is 118 cm³/mol. The van der Waals surface area contributed by atoms with Gasteiger partial charge in [0.05, 0.1) is 25.4 Å². The Kier molecular flexibility index (Phi) is 9.68. The van der Waals surface area contributed by atoms with Crippen LogP contribution in [-0.4, -0.2) is 82.3 Å². The molecule has 0 aromatic heterocycles. The van der Waals surface area contributed by atoms with E-state index < -0.39 is 59.8 Å². The van der Waals surface area contributed by atoms with Crippen LogP contribution in [0.3, 0.4) is 0 Å². The third-order valence-corrected chi connectivity index (χ3v) is 6.52.